The zero-order valence-corrected chi connectivity index (χ0v) is 21.6. The number of piperidine rings is 1. The summed E-state index contributed by atoms with van der Waals surface area (Å²) in [5.74, 6) is 0.966. The predicted molar refractivity (Wildman–Crippen MR) is 148 cm³/mol. The SMILES string of the molecule is CN(C)c1ccc(C2CCCCN2CCOc2ccc(C(=O)c3csc4cc(O)ccc34)cc2)cc1. The second-order valence-electron chi connectivity index (χ2n) is 9.57. The number of benzene rings is 3. The summed E-state index contributed by atoms with van der Waals surface area (Å²) >= 11 is 1.47. The highest BCUT2D eigenvalue weighted by atomic mass is 32.1. The molecule has 1 fully saturated rings. The summed E-state index contributed by atoms with van der Waals surface area (Å²) in [5.41, 5.74) is 3.89. The Bertz CT molecular complexity index is 1330. The van der Waals surface area contributed by atoms with Crippen LogP contribution < -0.4 is 9.64 Å². The van der Waals surface area contributed by atoms with Crippen molar-refractivity contribution in [3.63, 3.8) is 0 Å². The minimum absolute atomic E-state index is 0.0186. The van der Waals surface area contributed by atoms with E-state index in [9.17, 15) is 9.90 Å². The standard InChI is InChI=1S/C30H32N2O3S/c1-31(2)23-10-6-21(7-11-23)28-5-3-4-16-32(28)17-18-35-25-13-8-22(9-14-25)30(34)27-20-36-29-19-24(33)12-15-26(27)29/h6-15,19-20,28,33H,3-5,16-18H2,1-2H3. The molecule has 186 valence electrons. The third kappa shape index (κ3) is 5.25. The number of thiophene rings is 1. The normalized spacial score (nSPS) is 16.2. The van der Waals surface area contributed by atoms with E-state index in [0.717, 1.165) is 28.9 Å². The molecule has 36 heavy (non-hydrogen) atoms. The van der Waals surface area contributed by atoms with Crippen molar-refractivity contribution in [2.75, 3.05) is 38.7 Å². The van der Waals surface area contributed by atoms with Gasteiger partial charge >= 0.3 is 0 Å². The minimum Gasteiger partial charge on any atom is -0.508 e. The number of aromatic hydroxyl groups is 1. The fraction of sp³-hybridized carbons (Fsp3) is 0.300. The number of carbonyl (C=O) groups is 1. The van der Waals surface area contributed by atoms with Crippen LogP contribution in [0.4, 0.5) is 5.69 Å². The van der Waals surface area contributed by atoms with E-state index in [0.29, 0.717) is 23.8 Å². The van der Waals surface area contributed by atoms with Crippen LogP contribution in [0.5, 0.6) is 11.5 Å². The summed E-state index contributed by atoms with van der Waals surface area (Å²) in [6, 6.07) is 21.9. The molecular formula is C30H32N2O3S. The summed E-state index contributed by atoms with van der Waals surface area (Å²) in [6.45, 7) is 2.57. The quantitative estimate of drug-likeness (QED) is 0.280. The van der Waals surface area contributed by atoms with Crippen molar-refractivity contribution >= 4 is 32.9 Å². The van der Waals surface area contributed by atoms with E-state index in [2.05, 4.69) is 48.2 Å². The van der Waals surface area contributed by atoms with Gasteiger partial charge in [-0.15, -0.1) is 11.3 Å². The highest BCUT2D eigenvalue weighted by Gasteiger charge is 2.24. The molecule has 1 N–H and O–H groups in total. The summed E-state index contributed by atoms with van der Waals surface area (Å²) in [4.78, 5) is 17.7. The highest BCUT2D eigenvalue weighted by molar-refractivity contribution is 7.17. The molecule has 0 saturated carbocycles. The van der Waals surface area contributed by atoms with Crippen LogP contribution in [0.3, 0.4) is 0 Å². The third-order valence-corrected chi connectivity index (χ3v) is 7.92. The molecule has 1 aromatic heterocycles. The van der Waals surface area contributed by atoms with Crippen molar-refractivity contribution in [3.05, 3.63) is 88.8 Å². The molecule has 1 aliphatic rings. The Morgan fingerprint density at radius 1 is 1.06 bits per heavy atom. The third-order valence-electron chi connectivity index (χ3n) is 6.98. The maximum atomic E-state index is 13.1. The van der Waals surface area contributed by atoms with E-state index in [-0.39, 0.29) is 11.5 Å². The van der Waals surface area contributed by atoms with Gasteiger partial charge in [0.2, 0.25) is 0 Å². The van der Waals surface area contributed by atoms with Crippen molar-refractivity contribution in [3.8, 4) is 11.5 Å². The first kappa shape index (κ1) is 24.3. The Morgan fingerprint density at radius 3 is 2.58 bits per heavy atom. The molecule has 1 saturated heterocycles. The lowest BCUT2D eigenvalue weighted by Crippen LogP contribution is -2.36. The fourth-order valence-corrected chi connectivity index (χ4v) is 5.93. The molecule has 2 heterocycles. The Labute approximate surface area is 216 Å². The summed E-state index contributed by atoms with van der Waals surface area (Å²) in [6.07, 6.45) is 3.66. The van der Waals surface area contributed by atoms with Gasteiger partial charge in [0.25, 0.3) is 0 Å². The molecule has 6 heteroatoms. The van der Waals surface area contributed by atoms with Crippen molar-refractivity contribution < 1.29 is 14.6 Å². The molecule has 1 unspecified atom stereocenters. The van der Waals surface area contributed by atoms with Crippen LogP contribution in [-0.2, 0) is 0 Å². The van der Waals surface area contributed by atoms with Gasteiger partial charge in [-0.1, -0.05) is 18.6 Å². The van der Waals surface area contributed by atoms with Gasteiger partial charge in [0.15, 0.2) is 5.78 Å². The van der Waals surface area contributed by atoms with Crippen LogP contribution in [0, 0.1) is 0 Å². The Morgan fingerprint density at radius 2 is 1.83 bits per heavy atom. The molecule has 0 amide bonds. The first-order valence-electron chi connectivity index (χ1n) is 12.5. The highest BCUT2D eigenvalue weighted by Crippen LogP contribution is 2.32. The number of nitrogens with zero attached hydrogens (tertiary/aromatic N) is 2. The fourth-order valence-electron chi connectivity index (χ4n) is 4.96. The van der Waals surface area contributed by atoms with Gasteiger partial charge in [-0.05, 0) is 79.5 Å². The van der Waals surface area contributed by atoms with Crippen LogP contribution in [0.1, 0.15) is 46.8 Å². The molecule has 3 aromatic carbocycles. The summed E-state index contributed by atoms with van der Waals surface area (Å²) < 4.78 is 6.97. The molecule has 1 atom stereocenters. The molecule has 0 spiro atoms. The lowest BCUT2D eigenvalue weighted by atomic mass is 9.95. The van der Waals surface area contributed by atoms with Crippen LogP contribution in [0.2, 0.25) is 0 Å². The van der Waals surface area contributed by atoms with Gasteiger partial charge in [-0.2, -0.15) is 0 Å². The maximum absolute atomic E-state index is 13.1. The number of ketones is 1. The minimum atomic E-state index is -0.0186. The number of ether oxygens (including phenoxy) is 1. The van der Waals surface area contributed by atoms with Crippen molar-refractivity contribution in [1.82, 2.24) is 4.90 Å². The van der Waals surface area contributed by atoms with Gasteiger partial charge in [0.05, 0.1) is 0 Å². The number of likely N-dealkylation sites (tertiary alicyclic amines) is 1. The second kappa shape index (κ2) is 10.7. The van der Waals surface area contributed by atoms with Crippen LogP contribution in [0.25, 0.3) is 10.1 Å². The number of carbonyl (C=O) groups excluding carboxylic acids is 1. The van der Waals surface area contributed by atoms with Crippen molar-refractivity contribution in [2.24, 2.45) is 0 Å². The topological polar surface area (TPSA) is 53.0 Å². The van der Waals surface area contributed by atoms with Gasteiger partial charge in [0, 0.05) is 59.0 Å². The molecule has 0 radical (unpaired) electrons. The van der Waals surface area contributed by atoms with Gasteiger partial charge in [-0.25, -0.2) is 0 Å². The molecule has 5 rings (SSSR count). The van der Waals surface area contributed by atoms with Crippen LogP contribution >= 0.6 is 11.3 Å². The van der Waals surface area contributed by atoms with E-state index in [1.54, 1.807) is 18.2 Å². The number of fused-ring (bicyclic) bond motifs is 1. The van der Waals surface area contributed by atoms with E-state index in [1.807, 2.05) is 29.6 Å². The zero-order valence-electron chi connectivity index (χ0n) is 20.8. The number of hydrogen-bond acceptors (Lipinski definition) is 6. The van der Waals surface area contributed by atoms with Crippen LogP contribution in [0.15, 0.2) is 72.1 Å². The molecule has 1 aliphatic heterocycles. The number of phenolic OH excluding ortho intramolecular Hbond substituents is 1. The predicted octanol–water partition coefficient (Wildman–Crippen LogP) is 6.51. The number of phenols is 1. The van der Waals surface area contributed by atoms with Gasteiger partial charge in [-0.3, -0.25) is 9.69 Å². The number of hydrogen-bond donors (Lipinski definition) is 1. The molecule has 5 nitrogen and oxygen atoms in total. The average Bonchev–Trinajstić information content (AvgIpc) is 3.32. The number of anilines is 1. The number of rotatable bonds is 8. The largest absolute Gasteiger partial charge is 0.508 e. The molecule has 4 aromatic rings. The Balaban J connectivity index is 1.19. The van der Waals surface area contributed by atoms with Crippen LogP contribution in [-0.4, -0.2) is 49.6 Å². The first-order valence-corrected chi connectivity index (χ1v) is 13.4. The Hall–Kier alpha value is -3.35. The monoisotopic (exact) mass is 500 g/mol. The lowest BCUT2D eigenvalue weighted by molar-refractivity contribution is 0.104. The van der Waals surface area contributed by atoms with Crippen molar-refractivity contribution in [2.45, 2.75) is 25.3 Å². The second-order valence-corrected chi connectivity index (χ2v) is 10.5. The van der Waals surface area contributed by atoms with Gasteiger partial charge < -0.3 is 14.7 Å². The zero-order chi connectivity index (χ0) is 25.1. The van der Waals surface area contributed by atoms with E-state index in [1.165, 1.54) is 41.9 Å². The van der Waals surface area contributed by atoms with E-state index >= 15 is 0 Å². The van der Waals surface area contributed by atoms with E-state index in [4.69, 9.17) is 4.74 Å². The molecule has 0 aliphatic carbocycles. The van der Waals surface area contributed by atoms with Gasteiger partial charge in [0.1, 0.15) is 18.1 Å². The smallest absolute Gasteiger partial charge is 0.194 e. The first-order chi connectivity index (χ1) is 17.5. The lowest BCUT2D eigenvalue weighted by Gasteiger charge is -2.36. The molecule has 0 bridgehead atoms. The Kier molecular flexibility index (Phi) is 7.25. The molecular weight excluding hydrogens is 468 g/mol. The van der Waals surface area contributed by atoms with E-state index < -0.39 is 0 Å². The summed E-state index contributed by atoms with van der Waals surface area (Å²) in [7, 11) is 4.14. The summed E-state index contributed by atoms with van der Waals surface area (Å²) in [5, 5.41) is 12.4. The van der Waals surface area contributed by atoms with Crippen molar-refractivity contribution in [1.29, 1.82) is 0 Å². The maximum Gasteiger partial charge on any atom is 0.194 e. The average molecular weight is 501 g/mol.